The molecule has 0 saturated carbocycles. The van der Waals surface area contributed by atoms with Gasteiger partial charge in [0.05, 0.1) is 0 Å². The zero-order chi connectivity index (χ0) is 17.9. The molecule has 0 spiro atoms. The first-order valence-corrected chi connectivity index (χ1v) is 9.29. The minimum atomic E-state index is -0.226. The van der Waals surface area contributed by atoms with Crippen molar-refractivity contribution in [2.75, 3.05) is 18.0 Å². The maximum Gasteiger partial charge on any atom is 0.208 e. The van der Waals surface area contributed by atoms with Crippen LogP contribution in [-0.4, -0.2) is 28.4 Å². The van der Waals surface area contributed by atoms with E-state index in [9.17, 15) is 9.50 Å². The third-order valence-electron chi connectivity index (χ3n) is 4.44. The predicted octanol–water partition coefficient (Wildman–Crippen LogP) is 4.27. The summed E-state index contributed by atoms with van der Waals surface area (Å²) in [5.74, 6) is 0.0607. The monoisotopic (exact) mass is 367 g/mol. The van der Waals surface area contributed by atoms with E-state index in [4.69, 9.17) is 0 Å². The van der Waals surface area contributed by atoms with Crippen molar-refractivity contribution in [3.63, 3.8) is 0 Å². The number of aromatic hydroxyl groups is 1. The average Bonchev–Trinajstić information content (AvgIpc) is 3.13. The summed E-state index contributed by atoms with van der Waals surface area (Å²) in [5.41, 5.74) is 3.47. The Morgan fingerprint density at radius 1 is 1.04 bits per heavy atom. The fourth-order valence-electron chi connectivity index (χ4n) is 3.00. The quantitative estimate of drug-likeness (QED) is 0.748. The molecule has 1 aliphatic heterocycles. The van der Waals surface area contributed by atoms with Gasteiger partial charge in [-0.15, -0.1) is 10.2 Å². The summed E-state index contributed by atoms with van der Waals surface area (Å²) >= 11 is 1.59. The van der Waals surface area contributed by atoms with Gasteiger partial charge in [-0.1, -0.05) is 41.7 Å². The van der Waals surface area contributed by atoms with Crippen molar-refractivity contribution in [1.82, 2.24) is 10.2 Å². The van der Waals surface area contributed by atoms with Gasteiger partial charge in [-0.3, -0.25) is 0 Å². The van der Waals surface area contributed by atoms with Gasteiger partial charge in [0.1, 0.15) is 16.6 Å². The van der Waals surface area contributed by atoms with Crippen molar-refractivity contribution >= 4 is 22.0 Å². The third-order valence-corrected chi connectivity index (χ3v) is 5.43. The highest BCUT2D eigenvalue weighted by Gasteiger charge is 2.17. The number of anilines is 1. The Kier molecular flexibility index (Phi) is 4.67. The van der Waals surface area contributed by atoms with Crippen LogP contribution >= 0.6 is 11.3 Å². The van der Waals surface area contributed by atoms with Crippen LogP contribution in [0.1, 0.15) is 22.6 Å². The molecule has 1 aliphatic rings. The topological polar surface area (TPSA) is 49.2 Å². The van der Waals surface area contributed by atoms with Gasteiger partial charge in [-0.25, -0.2) is 4.39 Å². The molecule has 26 heavy (non-hydrogen) atoms. The Labute approximate surface area is 155 Å². The van der Waals surface area contributed by atoms with Crippen molar-refractivity contribution in [2.24, 2.45) is 0 Å². The van der Waals surface area contributed by atoms with E-state index >= 15 is 0 Å². The van der Waals surface area contributed by atoms with Gasteiger partial charge < -0.3 is 10.0 Å². The van der Waals surface area contributed by atoms with Crippen LogP contribution in [0.2, 0.25) is 0 Å². The lowest BCUT2D eigenvalue weighted by Gasteiger charge is -2.25. The summed E-state index contributed by atoms with van der Waals surface area (Å²) in [6.45, 7) is 1.68. The Morgan fingerprint density at radius 3 is 2.50 bits per heavy atom. The van der Waals surface area contributed by atoms with E-state index in [0.717, 1.165) is 40.8 Å². The van der Waals surface area contributed by atoms with Crippen LogP contribution < -0.4 is 4.90 Å². The fraction of sp³-hybridized carbons (Fsp3) is 0.200. The first kappa shape index (κ1) is 16.7. The van der Waals surface area contributed by atoms with Crippen LogP contribution in [0.4, 0.5) is 9.52 Å². The van der Waals surface area contributed by atoms with E-state index < -0.39 is 0 Å². The SMILES string of the molecule is Oc1ccc(C2=CCN(c3nnc(Cc4ccc(F)cc4)s3)CC2)cc1. The molecule has 4 nitrogen and oxygen atoms in total. The summed E-state index contributed by atoms with van der Waals surface area (Å²) in [7, 11) is 0. The summed E-state index contributed by atoms with van der Waals surface area (Å²) in [6, 6.07) is 13.8. The van der Waals surface area contributed by atoms with Crippen LogP contribution in [-0.2, 0) is 6.42 Å². The minimum absolute atomic E-state index is 0.226. The van der Waals surface area contributed by atoms with Crippen molar-refractivity contribution in [1.29, 1.82) is 0 Å². The van der Waals surface area contributed by atoms with E-state index in [1.807, 2.05) is 12.1 Å². The van der Waals surface area contributed by atoms with Gasteiger partial charge in [0.25, 0.3) is 0 Å². The molecule has 0 amide bonds. The average molecular weight is 367 g/mol. The number of hydrogen-bond acceptors (Lipinski definition) is 5. The molecular formula is C20H18FN3OS. The van der Waals surface area contributed by atoms with Crippen molar-refractivity contribution in [3.05, 3.63) is 76.6 Å². The number of hydrogen-bond donors (Lipinski definition) is 1. The molecule has 1 aromatic heterocycles. The largest absolute Gasteiger partial charge is 0.508 e. The highest BCUT2D eigenvalue weighted by atomic mass is 32.1. The molecule has 1 N–H and O–H groups in total. The fourth-order valence-corrected chi connectivity index (χ4v) is 3.91. The molecular weight excluding hydrogens is 349 g/mol. The van der Waals surface area contributed by atoms with E-state index in [1.165, 1.54) is 17.7 Å². The lowest BCUT2D eigenvalue weighted by atomic mass is 10.00. The van der Waals surface area contributed by atoms with Crippen LogP contribution in [0.15, 0.2) is 54.6 Å². The van der Waals surface area contributed by atoms with Gasteiger partial charge in [-0.2, -0.15) is 0 Å². The molecule has 2 heterocycles. The normalized spacial score (nSPS) is 14.3. The predicted molar refractivity (Wildman–Crippen MR) is 102 cm³/mol. The number of rotatable bonds is 4. The molecule has 0 saturated heterocycles. The Bertz CT molecular complexity index is 919. The maximum atomic E-state index is 13.0. The zero-order valence-electron chi connectivity index (χ0n) is 14.1. The molecule has 4 rings (SSSR count). The molecule has 132 valence electrons. The summed E-state index contributed by atoms with van der Waals surface area (Å²) in [5, 5.41) is 19.9. The van der Waals surface area contributed by atoms with E-state index in [2.05, 4.69) is 21.2 Å². The number of phenolic OH excluding ortho intramolecular Hbond substituents is 1. The molecule has 6 heteroatoms. The summed E-state index contributed by atoms with van der Waals surface area (Å²) in [4.78, 5) is 2.22. The number of benzene rings is 2. The van der Waals surface area contributed by atoms with Crippen molar-refractivity contribution in [3.8, 4) is 5.75 Å². The second-order valence-corrected chi connectivity index (χ2v) is 7.29. The first-order valence-electron chi connectivity index (χ1n) is 8.47. The molecule has 0 aliphatic carbocycles. The number of halogens is 1. The van der Waals surface area contributed by atoms with E-state index in [0.29, 0.717) is 6.42 Å². The maximum absolute atomic E-state index is 13.0. The highest BCUT2D eigenvalue weighted by Crippen LogP contribution is 2.29. The van der Waals surface area contributed by atoms with E-state index in [1.54, 1.807) is 35.6 Å². The van der Waals surface area contributed by atoms with Crippen molar-refractivity contribution in [2.45, 2.75) is 12.8 Å². The minimum Gasteiger partial charge on any atom is -0.508 e. The van der Waals surface area contributed by atoms with Gasteiger partial charge in [0.2, 0.25) is 5.13 Å². The Hall–Kier alpha value is -2.73. The second kappa shape index (κ2) is 7.25. The standard InChI is InChI=1S/C20H18FN3OS/c21-17-5-1-14(2-6-17)13-19-22-23-20(26-19)24-11-9-16(10-12-24)15-3-7-18(25)8-4-15/h1-9,25H,10-13H2. The van der Waals surface area contributed by atoms with Crippen LogP contribution in [0.3, 0.4) is 0 Å². The van der Waals surface area contributed by atoms with Crippen LogP contribution in [0, 0.1) is 5.82 Å². The Balaban J connectivity index is 1.42. The Morgan fingerprint density at radius 2 is 1.81 bits per heavy atom. The second-order valence-electron chi connectivity index (χ2n) is 6.25. The molecule has 0 bridgehead atoms. The lowest BCUT2D eigenvalue weighted by molar-refractivity contribution is 0.475. The molecule has 0 atom stereocenters. The number of nitrogens with zero attached hydrogens (tertiary/aromatic N) is 3. The summed E-state index contributed by atoms with van der Waals surface area (Å²) < 4.78 is 13.0. The van der Waals surface area contributed by atoms with Crippen LogP contribution in [0.25, 0.3) is 5.57 Å². The van der Waals surface area contributed by atoms with Gasteiger partial charge in [0, 0.05) is 19.5 Å². The molecule has 0 unspecified atom stereocenters. The third kappa shape index (κ3) is 3.75. The van der Waals surface area contributed by atoms with Crippen LogP contribution in [0.5, 0.6) is 5.75 Å². The van der Waals surface area contributed by atoms with Gasteiger partial charge in [-0.05, 0) is 47.4 Å². The lowest BCUT2D eigenvalue weighted by Crippen LogP contribution is -2.28. The zero-order valence-corrected chi connectivity index (χ0v) is 14.9. The first-order chi connectivity index (χ1) is 12.7. The van der Waals surface area contributed by atoms with Crippen molar-refractivity contribution < 1.29 is 9.50 Å². The van der Waals surface area contributed by atoms with Gasteiger partial charge >= 0.3 is 0 Å². The molecule has 2 aromatic carbocycles. The molecule has 0 radical (unpaired) electrons. The smallest absolute Gasteiger partial charge is 0.208 e. The number of phenols is 1. The molecule has 3 aromatic rings. The number of aromatic nitrogens is 2. The highest BCUT2D eigenvalue weighted by molar-refractivity contribution is 7.15. The molecule has 0 fully saturated rings. The van der Waals surface area contributed by atoms with Gasteiger partial charge in [0.15, 0.2) is 0 Å². The van der Waals surface area contributed by atoms with E-state index in [-0.39, 0.29) is 11.6 Å². The summed E-state index contributed by atoms with van der Waals surface area (Å²) in [6.07, 6.45) is 3.80.